The monoisotopic (exact) mass is 446 g/mol. The van der Waals surface area contributed by atoms with Crippen LogP contribution in [0.25, 0.3) is 0 Å². The summed E-state index contributed by atoms with van der Waals surface area (Å²) < 4.78 is 50.5. The largest absolute Gasteiger partial charge is 0.497 e. The summed E-state index contributed by atoms with van der Waals surface area (Å²) in [6.07, 6.45) is -4.60. The fourth-order valence-electron chi connectivity index (χ4n) is 3.19. The van der Waals surface area contributed by atoms with Crippen molar-refractivity contribution in [3.63, 3.8) is 0 Å². The normalized spacial score (nSPS) is 11.2. The zero-order chi connectivity index (χ0) is 23.5. The third-order valence-electron chi connectivity index (χ3n) is 4.83. The maximum absolute atomic E-state index is 13.3. The Balaban J connectivity index is 2.14. The molecular formula is C23H21F3N2O4. The van der Waals surface area contributed by atoms with Gasteiger partial charge in [-0.1, -0.05) is 6.07 Å². The smallest absolute Gasteiger partial charge is 0.416 e. The average Bonchev–Trinajstić information content (AvgIpc) is 2.76. The van der Waals surface area contributed by atoms with Crippen LogP contribution in [0.2, 0.25) is 0 Å². The quantitative estimate of drug-likeness (QED) is 0.602. The molecule has 2 aromatic carbocycles. The maximum atomic E-state index is 13.3. The van der Waals surface area contributed by atoms with Crippen LogP contribution in [0.15, 0.2) is 59.4 Å². The second-order valence-electron chi connectivity index (χ2n) is 7.00. The van der Waals surface area contributed by atoms with Gasteiger partial charge in [-0.05, 0) is 55.5 Å². The first-order chi connectivity index (χ1) is 15.1. The van der Waals surface area contributed by atoms with Gasteiger partial charge in [-0.25, -0.2) is 0 Å². The molecule has 0 fully saturated rings. The van der Waals surface area contributed by atoms with E-state index >= 15 is 0 Å². The molecule has 32 heavy (non-hydrogen) atoms. The van der Waals surface area contributed by atoms with E-state index in [2.05, 4.69) is 4.98 Å². The molecule has 1 N–H and O–H groups in total. The Labute approximate surface area is 182 Å². The number of H-pyrrole nitrogens is 1. The van der Waals surface area contributed by atoms with Crippen LogP contribution in [0, 0.1) is 6.92 Å². The van der Waals surface area contributed by atoms with Crippen molar-refractivity contribution in [3.05, 3.63) is 87.3 Å². The molecule has 1 heterocycles. The molecule has 0 aliphatic heterocycles. The number of pyridine rings is 1. The van der Waals surface area contributed by atoms with Crippen LogP contribution in [0.5, 0.6) is 11.5 Å². The fourth-order valence-corrected chi connectivity index (χ4v) is 3.19. The van der Waals surface area contributed by atoms with Gasteiger partial charge in [-0.3, -0.25) is 9.59 Å². The number of methoxy groups -OCH3 is 2. The van der Waals surface area contributed by atoms with Crippen molar-refractivity contribution in [3.8, 4) is 11.5 Å². The van der Waals surface area contributed by atoms with Gasteiger partial charge in [-0.15, -0.1) is 0 Å². The zero-order valence-corrected chi connectivity index (χ0v) is 17.6. The highest BCUT2D eigenvalue weighted by atomic mass is 19.4. The number of carbonyl (C=O) groups excluding carboxylic acids is 1. The SMILES string of the molecule is COc1ccc(OC)c(CN(C(=O)c2ccc(C)[nH]c2=O)c2cccc(C(F)(F)F)c2)c1. The molecule has 168 valence electrons. The van der Waals surface area contributed by atoms with Gasteiger partial charge in [0.1, 0.15) is 17.1 Å². The highest BCUT2D eigenvalue weighted by molar-refractivity contribution is 6.05. The first-order valence-electron chi connectivity index (χ1n) is 9.54. The van der Waals surface area contributed by atoms with E-state index in [1.807, 2.05) is 0 Å². The van der Waals surface area contributed by atoms with Gasteiger partial charge >= 0.3 is 6.18 Å². The van der Waals surface area contributed by atoms with E-state index < -0.39 is 23.2 Å². The van der Waals surface area contributed by atoms with E-state index in [9.17, 15) is 22.8 Å². The molecular weight excluding hydrogens is 425 g/mol. The van der Waals surface area contributed by atoms with Gasteiger partial charge in [0.15, 0.2) is 0 Å². The van der Waals surface area contributed by atoms with E-state index in [1.165, 1.54) is 32.4 Å². The van der Waals surface area contributed by atoms with E-state index in [0.29, 0.717) is 22.8 Å². The minimum Gasteiger partial charge on any atom is -0.497 e. The van der Waals surface area contributed by atoms with E-state index in [4.69, 9.17) is 9.47 Å². The Morgan fingerprint density at radius 1 is 1.03 bits per heavy atom. The average molecular weight is 446 g/mol. The number of benzene rings is 2. The van der Waals surface area contributed by atoms with E-state index in [0.717, 1.165) is 17.0 Å². The Hall–Kier alpha value is -3.75. The Morgan fingerprint density at radius 2 is 1.78 bits per heavy atom. The lowest BCUT2D eigenvalue weighted by molar-refractivity contribution is -0.137. The number of carbonyl (C=O) groups is 1. The predicted octanol–water partition coefficient (Wildman–Crippen LogP) is 4.57. The van der Waals surface area contributed by atoms with Crippen molar-refractivity contribution in [1.82, 2.24) is 4.98 Å². The Kier molecular flexibility index (Phi) is 6.57. The molecule has 0 bridgehead atoms. The highest BCUT2D eigenvalue weighted by Gasteiger charge is 2.32. The van der Waals surface area contributed by atoms with Crippen LogP contribution in [0.4, 0.5) is 18.9 Å². The van der Waals surface area contributed by atoms with Crippen molar-refractivity contribution in [2.75, 3.05) is 19.1 Å². The molecule has 0 saturated heterocycles. The number of nitrogens with one attached hydrogen (secondary N) is 1. The molecule has 0 radical (unpaired) electrons. The molecule has 0 unspecified atom stereocenters. The minimum atomic E-state index is -4.60. The third-order valence-corrected chi connectivity index (χ3v) is 4.83. The van der Waals surface area contributed by atoms with Gasteiger partial charge in [-0.2, -0.15) is 13.2 Å². The van der Waals surface area contributed by atoms with E-state index in [1.54, 1.807) is 31.2 Å². The number of aryl methyl sites for hydroxylation is 1. The van der Waals surface area contributed by atoms with Gasteiger partial charge < -0.3 is 19.4 Å². The molecule has 1 amide bonds. The van der Waals surface area contributed by atoms with Crippen LogP contribution in [-0.2, 0) is 12.7 Å². The van der Waals surface area contributed by atoms with Crippen LogP contribution in [-0.4, -0.2) is 25.1 Å². The standard InChI is InChI=1S/C23H21F3N2O4/c1-14-7-9-19(21(29)27-14)22(30)28(17-6-4-5-16(12-17)23(24,25)26)13-15-11-18(31-2)8-10-20(15)32-3/h4-12H,13H2,1-3H3,(H,27,29). The molecule has 9 heteroatoms. The first kappa shape index (κ1) is 22.9. The predicted molar refractivity (Wildman–Crippen MR) is 113 cm³/mol. The summed E-state index contributed by atoms with van der Waals surface area (Å²) in [6.45, 7) is 1.50. The number of halogens is 3. The minimum absolute atomic E-state index is 0.0188. The van der Waals surface area contributed by atoms with Gasteiger partial charge in [0.2, 0.25) is 0 Å². The lowest BCUT2D eigenvalue weighted by Crippen LogP contribution is -2.35. The molecule has 3 aromatic rings. The zero-order valence-electron chi connectivity index (χ0n) is 17.6. The number of amides is 1. The van der Waals surface area contributed by atoms with Crippen LogP contribution in [0.1, 0.15) is 27.2 Å². The molecule has 0 aliphatic rings. The van der Waals surface area contributed by atoms with Crippen molar-refractivity contribution in [1.29, 1.82) is 0 Å². The summed E-state index contributed by atoms with van der Waals surface area (Å²) in [5, 5.41) is 0. The van der Waals surface area contributed by atoms with Crippen molar-refractivity contribution in [2.24, 2.45) is 0 Å². The number of ether oxygens (including phenoxy) is 2. The summed E-state index contributed by atoms with van der Waals surface area (Å²) >= 11 is 0. The number of hydrogen-bond donors (Lipinski definition) is 1. The number of nitrogens with zero attached hydrogens (tertiary/aromatic N) is 1. The number of aromatic nitrogens is 1. The lowest BCUT2D eigenvalue weighted by Gasteiger charge is -2.25. The number of aromatic amines is 1. The van der Waals surface area contributed by atoms with Crippen LogP contribution < -0.4 is 19.9 Å². The molecule has 0 spiro atoms. The molecule has 0 atom stereocenters. The van der Waals surface area contributed by atoms with Crippen molar-refractivity contribution < 1.29 is 27.4 Å². The molecule has 0 saturated carbocycles. The summed E-state index contributed by atoms with van der Waals surface area (Å²) in [5.74, 6) is 0.134. The van der Waals surface area contributed by atoms with Gasteiger partial charge in [0, 0.05) is 16.9 Å². The number of anilines is 1. The number of hydrogen-bond acceptors (Lipinski definition) is 4. The number of rotatable bonds is 6. The molecule has 3 rings (SSSR count). The Bertz CT molecular complexity index is 1190. The van der Waals surface area contributed by atoms with E-state index in [-0.39, 0.29) is 17.8 Å². The second kappa shape index (κ2) is 9.17. The summed E-state index contributed by atoms with van der Waals surface area (Å²) in [6, 6.07) is 12.2. The summed E-state index contributed by atoms with van der Waals surface area (Å²) in [7, 11) is 2.90. The van der Waals surface area contributed by atoms with Crippen LogP contribution in [0.3, 0.4) is 0 Å². The van der Waals surface area contributed by atoms with Crippen molar-refractivity contribution >= 4 is 11.6 Å². The van der Waals surface area contributed by atoms with Gasteiger partial charge in [0.25, 0.3) is 11.5 Å². The Morgan fingerprint density at radius 3 is 2.41 bits per heavy atom. The van der Waals surface area contributed by atoms with Crippen molar-refractivity contribution in [2.45, 2.75) is 19.6 Å². The summed E-state index contributed by atoms with van der Waals surface area (Å²) in [4.78, 5) is 29.4. The van der Waals surface area contributed by atoms with Crippen LogP contribution >= 0.6 is 0 Å². The first-order valence-corrected chi connectivity index (χ1v) is 9.54. The summed E-state index contributed by atoms with van der Waals surface area (Å²) in [5.41, 5.74) is -0.731. The highest BCUT2D eigenvalue weighted by Crippen LogP contribution is 2.33. The second-order valence-corrected chi connectivity index (χ2v) is 7.00. The maximum Gasteiger partial charge on any atom is 0.416 e. The van der Waals surface area contributed by atoms with Gasteiger partial charge in [0.05, 0.1) is 26.3 Å². The third kappa shape index (κ3) is 4.93. The molecule has 0 aliphatic carbocycles. The number of alkyl halides is 3. The fraction of sp³-hybridized carbons (Fsp3) is 0.217. The topological polar surface area (TPSA) is 71.6 Å². The lowest BCUT2D eigenvalue weighted by atomic mass is 10.1. The molecule has 1 aromatic heterocycles. The molecule has 6 nitrogen and oxygen atoms in total.